The van der Waals surface area contributed by atoms with Crippen LogP contribution in [-0.4, -0.2) is 54.6 Å². The summed E-state index contributed by atoms with van der Waals surface area (Å²) in [6, 6.07) is 1.87. The van der Waals surface area contributed by atoms with Crippen molar-refractivity contribution in [1.82, 2.24) is 35.1 Å². The molecule has 0 aliphatic carbocycles. The third-order valence-corrected chi connectivity index (χ3v) is 3.10. The van der Waals surface area contributed by atoms with Gasteiger partial charge >= 0.3 is 0 Å². The van der Waals surface area contributed by atoms with Crippen LogP contribution in [0.15, 0.2) is 23.5 Å². The Hall–Kier alpha value is -2.64. The van der Waals surface area contributed by atoms with Gasteiger partial charge in [-0.25, -0.2) is 4.99 Å². The predicted octanol–water partition coefficient (Wildman–Crippen LogP) is 1.07. The van der Waals surface area contributed by atoms with E-state index < -0.39 is 0 Å². The number of pyridine rings is 1. The van der Waals surface area contributed by atoms with E-state index in [0.717, 1.165) is 23.9 Å². The SMILES string of the molecule is CCN(C=Nc1nn2nnnc2c2cnccc12)CC. The number of aliphatic imine (C=N–C) groups is 1. The molecule has 0 aliphatic rings. The Kier molecular flexibility index (Phi) is 3.20. The zero-order valence-corrected chi connectivity index (χ0v) is 11.3. The summed E-state index contributed by atoms with van der Waals surface area (Å²) in [7, 11) is 0. The molecular weight excluding hydrogens is 256 g/mol. The summed E-state index contributed by atoms with van der Waals surface area (Å²) in [4.78, 5) is 10.6. The molecule has 0 aliphatic heterocycles. The first-order valence-electron chi connectivity index (χ1n) is 6.43. The largest absolute Gasteiger partial charge is 0.363 e. The van der Waals surface area contributed by atoms with Crippen LogP contribution in [0.5, 0.6) is 0 Å². The van der Waals surface area contributed by atoms with Crippen LogP contribution in [0.4, 0.5) is 5.82 Å². The maximum atomic E-state index is 4.45. The van der Waals surface area contributed by atoms with E-state index in [1.807, 2.05) is 6.07 Å². The molecule has 0 saturated heterocycles. The molecule has 0 atom stereocenters. The maximum Gasteiger partial charge on any atom is 0.209 e. The Balaban J connectivity index is 2.17. The highest BCUT2D eigenvalue weighted by Gasteiger charge is 2.10. The smallest absolute Gasteiger partial charge is 0.209 e. The average molecular weight is 270 g/mol. The van der Waals surface area contributed by atoms with Crippen molar-refractivity contribution in [3.63, 3.8) is 0 Å². The van der Waals surface area contributed by atoms with Gasteiger partial charge in [0.2, 0.25) is 5.65 Å². The normalized spacial score (nSPS) is 11.7. The van der Waals surface area contributed by atoms with E-state index in [2.05, 4.69) is 49.3 Å². The van der Waals surface area contributed by atoms with Gasteiger partial charge in [0.05, 0.1) is 11.7 Å². The Labute approximate surface area is 115 Å². The first kappa shape index (κ1) is 12.4. The van der Waals surface area contributed by atoms with Gasteiger partial charge in [-0.1, -0.05) is 0 Å². The van der Waals surface area contributed by atoms with Gasteiger partial charge in [-0.2, -0.15) is 0 Å². The molecule has 3 heterocycles. The molecule has 0 radical (unpaired) electrons. The van der Waals surface area contributed by atoms with Gasteiger partial charge in [-0.15, -0.1) is 14.8 Å². The molecule has 102 valence electrons. The number of hydrogen-bond acceptors (Lipinski definition) is 6. The Morgan fingerprint density at radius 1 is 1.30 bits per heavy atom. The molecule has 3 aromatic heterocycles. The monoisotopic (exact) mass is 270 g/mol. The summed E-state index contributed by atoms with van der Waals surface area (Å²) in [6.45, 7) is 5.95. The van der Waals surface area contributed by atoms with Gasteiger partial charge in [0, 0.05) is 30.9 Å². The number of aromatic nitrogens is 6. The number of nitrogens with zero attached hydrogens (tertiary/aromatic N) is 8. The highest BCUT2D eigenvalue weighted by atomic mass is 15.6. The van der Waals surface area contributed by atoms with Gasteiger partial charge in [0.1, 0.15) is 0 Å². The number of fused-ring (bicyclic) bond motifs is 3. The number of tetrazole rings is 1. The molecule has 0 spiro atoms. The third-order valence-electron chi connectivity index (χ3n) is 3.10. The van der Waals surface area contributed by atoms with Crippen LogP contribution in [0.25, 0.3) is 16.4 Å². The summed E-state index contributed by atoms with van der Waals surface area (Å²) < 4.78 is 1.37. The lowest BCUT2D eigenvalue weighted by Crippen LogP contribution is -2.20. The average Bonchev–Trinajstić information content (AvgIpc) is 2.96. The van der Waals surface area contributed by atoms with E-state index in [1.165, 1.54) is 4.63 Å². The number of hydrogen-bond donors (Lipinski definition) is 0. The first-order chi connectivity index (χ1) is 9.83. The lowest BCUT2D eigenvalue weighted by Gasteiger charge is -2.13. The molecule has 0 aromatic carbocycles. The van der Waals surface area contributed by atoms with Crippen LogP contribution in [-0.2, 0) is 0 Å². The van der Waals surface area contributed by atoms with Crippen molar-refractivity contribution in [2.75, 3.05) is 13.1 Å². The molecule has 3 rings (SSSR count). The van der Waals surface area contributed by atoms with Gasteiger partial charge in [-0.05, 0) is 30.3 Å². The molecule has 3 aromatic rings. The van der Waals surface area contributed by atoms with Crippen molar-refractivity contribution in [2.45, 2.75) is 13.8 Å². The fourth-order valence-corrected chi connectivity index (χ4v) is 1.94. The van der Waals surface area contributed by atoms with Crippen LogP contribution < -0.4 is 0 Å². The molecule has 0 N–H and O–H groups in total. The van der Waals surface area contributed by atoms with Crippen molar-refractivity contribution in [3.8, 4) is 0 Å². The van der Waals surface area contributed by atoms with Gasteiger partial charge < -0.3 is 4.90 Å². The Morgan fingerprint density at radius 3 is 2.95 bits per heavy atom. The second-order valence-electron chi connectivity index (χ2n) is 4.20. The zero-order chi connectivity index (χ0) is 13.9. The zero-order valence-electron chi connectivity index (χ0n) is 11.3. The maximum absolute atomic E-state index is 4.45. The van der Waals surface area contributed by atoms with Crippen molar-refractivity contribution in [2.24, 2.45) is 4.99 Å². The minimum absolute atomic E-state index is 0.578. The van der Waals surface area contributed by atoms with Gasteiger partial charge in [0.15, 0.2) is 5.82 Å². The van der Waals surface area contributed by atoms with Crippen molar-refractivity contribution >= 4 is 28.6 Å². The summed E-state index contributed by atoms with van der Waals surface area (Å²) >= 11 is 0. The second kappa shape index (κ2) is 5.16. The topological polar surface area (TPSA) is 84.5 Å². The first-order valence-corrected chi connectivity index (χ1v) is 6.43. The fourth-order valence-electron chi connectivity index (χ4n) is 1.94. The molecular formula is C12H14N8. The Morgan fingerprint density at radius 2 is 2.15 bits per heavy atom. The molecule has 0 saturated carbocycles. The van der Waals surface area contributed by atoms with Gasteiger partial charge in [-0.3, -0.25) is 4.98 Å². The molecule has 20 heavy (non-hydrogen) atoms. The summed E-state index contributed by atoms with van der Waals surface area (Å²) in [5, 5.41) is 17.5. The van der Waals surface area contributed by atoms with Crippen LogP contribution in [0, 0.1) is 0 Å². The van der Waals surface area contributed by atoms with Crippen LogP contribution >= 0.6 is 0 Å². The summed E-state index contributed by atoms with van der Waals surface area (Å²) in [5.74, 6) is 0.578. The van der Waals surface area contributed by atoms with E-state index in [1.54, 1.807) is 18.7 Å². The van der Waals surface area contributed by atoms with Crippen molar-refractivity contribution in [1.29, 1.82) is 0 Å². The highest BCUT2D eigenvalue weighted by molar-refractivity contribution is 5.98. The molecule has 0 bridgehead atoms. The molecule has 0 amide bonds. The van der Waals surface area contributed by atoms with E-state index in [-0.39, 0.29) is 0 Å². The van der Waals surface area contributed by atoms with E-state index in [0.29, 0.717) is 11.5 Å². The molecule has 0 unspecified atom stereocenters. The van der Waals surface area contributed by atoms with E-state index in [9.17, 15) is 0 Å². The Bertz CT molecular complexity index is 758. The van der Waals surface area contributed by atoms with Crippen LogP contribution in [0.2, 0.25) is 0 Å². The quantitative estimate of drug-likeness (QED) is 0.521. The van der Waals surface area contributed by atoms with Gasteiger partial charge in [0.25, 0.3) is 0 Å². The highest BCUT2D eigenvalue weighted by Crippen LogP contribution is 2.24. The summed E-state index contributed by atoms with van der Waals surface area (Å²) in [6.07, 6.45) is 5.22. The van der Waals surface area contributed by atoms with Crippen LogP contribution in [0.3, 0.4) is 0 Å². The molecule has 0 fully saturated rings. The minimum Gasteiger partial charge on any atom is -0.363 e. The van der Waals surface area contributed by atoms with E-state index >= 15 is 0 Å². The molecule has 8 nitrogen and oxygen atoms in total. The lowest BCUT2D eigenvalue weighted by molar-refractivity contribution is 0.479. The molecule has 8 heteroatoms. The summed E-state index contributed by atoms with van der Waals surface area (Å²) in [5.41, 5.74) is 0.579. The second-order valence-corrected chi connectivity index (χ2v) is 4.20. The number of rotatable bonds is 4. The van der Waals surface area contributed by atoms with Crippen LogP contribution in [0.1, 0.15) is 13.8 Å². The van der Waals surface area contributed by atoms with E-state index in [4.69, 9.17) is 0 Å². The fraction of sp³-hybridized carbons (Fsp3) is 0.333. The lowest BCUT2D eigenvalue weighted by atomic mass is 10.2. The third kappa shape index (κ3) is 2.04. The van der Waals surface area contributed by atoms with Crippen molar-refractivity contribution in [3.05, 3.63) is 18.5 Å². The minimum atomic E-state index is 0.578. The van der Waals surface area contributed by atoms with Crippen molar-refractivity contribution < 1.29 is 0 Å². The predicted molar refractivity (Wildman–Crippen MR) is 75.0 cm³/mol. The standard InChI is InChI=1S/C12H14N8/c1-3-19(4-2)8-14-11-9-5-6-13-7-10(9)12-15-17-18-20(12)16-11/h5-8H,3-4H2,1-2H3.